The number of nitrogens with zero attached hydrogens (tertiary/aromatic N) is 3. The van der Waals surface area contributed by atoms with E-state index in [-0.39, 0.29) is 0 Å². The van der Waals surface area contributed by atoms with Crippen molar-refractivity contribution in [1.29, 1.82) is 0 Å². The molecule has 0 unspecified atom stereocenters. The van der Waals surface area contributed by atoms with Crippen molar-refractivity contribution >= 4 is 75.1 Å². The van der Waals surface area contributed by atoms with Crippen LogP contribution in [-0.2, 0) is 0 Å². The number of rotatable bonds is 5. The minimum absolute atomic E-state index is 0.926. The maximum absolute atomic E-state index is 5.17. The summed E-state index contributed by atoms with van der Waals surface area (Å²) in [5.41, 5.74) is 12.6. The fraction of sp³-hybridized carbons (Fsp3) is 0. The first-order chi connectivity index (χ1) is 28.3. The minimum atomic E-state index is 0.926. The highest BCUT2D eigenvalue weighted by Crippen LogP contribution is 2.49. The van der Waals surface area contributed by atoms with Gasteiger partial charge in [0.15, 0.2) is 0 Å². The molecular weight excluding hydrogens is 711 g/mol. The van der Waals surface area contributed by atoms with E-state index in [4.69, 9.17) is 4.98 Å². The second kappa shape index (κ2) is 12.6. The lowest BCUT2D eigenvalue weighted by Gasteiger charge is -2.13. The van der Waals surface area contributed by atoms with Crippen LogP contribution in [0.2, 0.25) is 0 Å². The molecule has 0 fully saturated rings. The monoisotopic (exact) mass is 743 g/mol. The predicted octanol–water partition coefficient (Wildman–Crippen LogP) is 14.6. The molecule has 0 aliphatic rings. The number of imidazole rings is 1. The van der Waals surface area contributed by atoms with Crippen molar-refractivity contribution in [1.82, 2.24) is 14.1 Å². The van der Waals surface area contributed by atoms with Crippen molar-refractivity contribution in [2.24, 2.45) is 0 Å². The molecule has 12 rings (SSSR count). The number of hydrogen-bond acceptors (Lipinski definition) is 2. The van der Waals surface area contributed by atoms with Gasteiger partial charge in [0.25, 0.3) is 0 Å². The highest BCUT2D eigenvalue weighted by molar-refractivity contribution is 7.27. The maximum atomic E-state index is 5.17. The summed E-state index contributed by atoms with van der Waals surface area (Å²) in [7, 11) is 0. The summed E-state index contributed by atoms with van der Waals surface area (Å²) in [6, 6.07) is 72.4. The molecule has 57 heavy (non-hydrogen) atoms. The zero-order chi connectivity index (χ0) is 37.5. The standard InChI is InChI=1S/C53H33N3S/c1-4-14-34(15-5-1)37-26-30-46-43(32-37)49-50-44-33-38(35-16-6-2-7-17-35)27-31-48(44)57-52(50)42-21-11-10-20-41(42)51(49)55(46)40-28-24-36(25-29-40)53-54-45-22-12-13-23-47(45)56(53)39-18-8-3-9-19-39/h1-33H. The normalized spacial score (nSPS) is 11.9. The van der Waals surface area contributed by atoms with E-state index < -0.39 is 0 Å². The number of para-hydroxylation sites is 3. The Kier molecular flexibility index (Phi) is 7.10. The molecule has 0 aliphatic heterocycles. The van der Waals surface area contributed by atoms with Crippen LogP contribution in [0.15, 0.2) is 200 Å². The molecule has 0 amide bonds. The van der Waals surface area contributed by atoms with Gasteiger partial charge in [0.1, 0.15) is 5.82 Å². The summed E-state index contributed by atoms with van der Waals surface area (Å²) in [6.45, 7) is 0. The molecule has 0 spiro atoms. The first-order valence-electron chi connectivity index (χ1n) is 19.4. The minimum Gasteiger partial charge on any atom is -0.309 e. The van der Waals surface area contributed by atoms with E-state index in [1.165, 1.54) is 75.0 Å². The third-order valence-electron chi connectivity index (χ3n) is 11.5. The number of benzene rings is 9. The van der Waals surface area contributed by atoms with Gasteiger partial charge in [-0.25, -0.2) is 4.98 Å². The number of hydrogen-bond donors (Lipinski definition) is 0. The van der Waals surface area contributed by atoms with Crippen molar-refractivity contribution in [3.05, 3.63) is 200 Å². The van der Waals surface area contributed by atoms with Crippen LogP contribution >= 0.6 is 11.3 Å². The van der Waals surface area contributed by atoms with E-state index in [9.17, 15) is 0 Å². The van der Waals surface area contributed by atoms with Crippen LogP contribution < -0.4 is 0 Å². The lowest BCUT2D eigenvalue weighted by atomic mass is 9.96. The van der Waals surface area contributed by atoms with E-state index in [1.54, 1.807) is 0 Å². The third-order valence-corrected chi connectivity index (χ3v) is 12.7. The molecule has 0 bridgehead atoms. The van der Waals surface area contributed by atoms with Gasteiger partial charge in [-0.3, -0.25) is 4.57 Å². The largest absolute Gasteiger partial charge is 0.309 e. The molecule has 3 heterocycles. The van der Waals surface area contributed by atoms with Gasteiger partial charge in [0.2, 0.25) is 0 Å². The molecule has 0 N–H and O–H groups in total. The Labute approximate surface area is 333 Å². The van der Waals surface area contributed by atoms with Crippen LogP contribution in [-0.4, -0.2) is 14.1 Å². The topological polar surface area (TPSA) is 22.8 Å². The average molecular weight is 744 g/mol. The average Bonchev–Trinajstić information content (AvgIpc) is 3.97. The van der Waals surface area contributed by atoms with Crippen molar-refractivity contribution < 1.29 is 0 Å². The van der Waals surface area contributed by atoms with Crippen LogP contribution in [0.3, 0.4) is 0 Å². The molecule has 0 aliphatic carbocycles. The summed E-state index contributed by atoms with van der Waals surface area (Å²) < 4.78 is 7.40. The van der Waals surface area contributed by atoms with E-state index >= 15 is 0 Å². The fourth-order valence-corrected chi connectivity index (χ4v) is 10.2. The molecule has 0 radical (unpaired) electrons. The maximum Gasteiger partial charge on any atom is 0.145 e. The molecule has 4 heteroatoms. The second-order valence-electron chi connectivity index (χ2n) is 14.7. The molecule has 0 saturated carbocycles. The molecular formula is C53H33N3S. The smallest absolute Gasteiger partial charge is 0.145 e. The Morgan fingerprint density at radius 3 is 1.68 bits per heavy atom. The van der Waals surface area contributed by atoms with Crippen LogP contribution in [0.5, 0.6) is 0 Å². The van der Waals surface area contributed by atoms with Gasteiger partial charge in [0.05, 0.1) is 22.1 Å². The Balaban J connectivity index is 1.16. The van der Waals surface area contributed by atoms with E-state index in [0.29, 0.717) is 0 Å². The fourth-order valence-electron chi connectivity index (χ4n) is 8.93. The van der Waals surface area contributed by atoms with Crippen LogP contribution in [0.25, 0.3) is 109 Å². The Hall–Kier alpha value is -7.27. The lowest BCUT2D eigenvalue weighted by molar-refractivity contribution is 1.10. The van der Waals surface area contributed by atoms with Crippen LogP contribution in [0, 0.1) is 0 Å². The highest BCUT2D eigenvalue weighted by atomic mass is 32.1. The molecule has 266 valence electrons. The third kappa shape index (κ3) is 4.94. The summed E-state index contributed by atoms with van der Waals surface area (Å²) >= 11 is 1.91. The highest BCUT2D eigenvalue weighted by Gasteiger charge is 2.23. The molecule has 0 saturated heterocycles. The van der Waals surface area contributed by atoms with Gasteiger partial charge in [-0.2, -0.15) is 0 Å². The van der Waals surface area contributed by atoms with E-state index in [1.807, 2.05) is 11.3 Å². The zero-order valence-corrected chi connectivity index (χ0v) is 31.6. The first-order valence-corrected chi connectivity index (χ1v) is 20.2. The summed E-state index contributed by atoms with van der Waals surface area (Å²) in [5.74, 6) is 0.926. The predicted molar refractivity (Wildman–Crippen MR) is 242 cm³/mol. The van der Waals surface area contributed by atoms with E-state index in [2.05, 4.69) is 209 Å². The molecule has 0 atom stereocenters. The summed E-state index contributed by atoms with van der Waals surface area (Å²) in [4.78, 5) is 5.17. The quantitative estimate of drug-likeness (QED) is 0.172. The van der Waals surface area contributed by atoms with Crippen molar-refractivity contribution in [3.8, 4) is 45.0 Å². The van der Waals surface area contributed by atoms with Crippen LogP contribution in [0.1, 0.15) is 0 Å². The van der Waals surface area contributed by atoms with Crippen molar-refractivity contribution in [3.63, 3.8) is 0 Å². The molecule has 9 aromatic carbocycles. The number of fused-ring (bicyclic) bond motifs is 11. The summed E-state index contributed by atoms with van der Waals surface area (Å²) in [6.07, 6.45) is 0. The van der Waals surface area contributed by atoms with Gasteiger partial charge < -0.3 is 4.57 Å². The van der Waals surface area contributed by atoms with Gasteiger partial charge in [-0.05, 0) is 95.1 Å². The van der Waals surface area contributed by atoms with Crippen LogP contribution in [0.4, 0.5) is 0 Å². The Morgan fingerprint density at radius 1 is 0.368 bits per heavy atom. The molecule has 12 aromatic rings. The SMILES string of the molecule is c1ccc(-c2ccc3sc4c5ccccc5c5c(c6cc(-c7ccccc7)ccc6n5-c5ccc(-c6nc7ccccc7n6-c6ccccc6)cc5)c4c3c2)cc1. The number of aromatic nitrogens is 3. The van der Waals surface area contributed by atoms with Gasteiger partial charge in [-0.15, -0.1) is 11.3 Å². The lowest BCUT2D eigenvalue weighted by Crippen LogP contribution is -1.98. The van der Waals surface area contributed by atoms with Crippen molar-refractivity contribution in [2.75, 3.05) is 0 Å². The molecule has 3 aromatic heterocycles. The van der Waals surface area contributed by atoms with Gasteiger partial charge in [-0.1, -0.05) is 127 Å². The summed E-state index contributed by atoms with van der Waals surface area (Å²) in [5, 5.41) is 7.70. The zero-order valence-electron chi connectivity index (χ0n) is 30.8. The van der Waals surface area contributed by atoms with E-state index in [0.717, 1.165) is 33.8 Å². The second-order valence-corrected chi connectivity index (χ2v) is 15.8. The molecule has 3 nitrogen and oxygen atoms in total. The Bertz CT molecular complexity index is 3490. The Morgan fingerprint density at radius 2 is 0.947 bits per heavy atom. The van der Waals surface area contributed by atoms with Gasteiger partial charge >= 0.3 is 0 Å². The first kappa shape index (κ1) is 32.0. The van der Waals surface area contributed by atoms with Crippen molar-refractivity contribution in [2.45, 2.75) is 0 Å². The number of thiophene rings is 1. The van der Waals surface area contributed by atoms with Gasteiger partial charge in [0, 0.05) is 58.7 Å².